The van der Waals surface area contributed by atoms with Gasteiger partial charge < -0.3 is 24.6 Å². The normalized spacial score (nSPS) is 20.8. The fourth-order valence-electron chi connectivity index (χ4n) is 3.97. The van der Waals surface area contributed by atoms with Crippen LogP contribution in [0.15, 0.2) is 24.3 Å². The second-order valence-corrected chi connectivity index (χ2v) is 8.84. The highest BCUT2D eigenvalue weighted by molar-refractivity contribution is 5.73. The largest absolute Gasteiger partial charge is 0.497 e. The Bertz CT molecular complexity index is 838. The maximum atomic E-state index is 10.6. The molecule has 1 aromatic rings. The predicted molar refractivity (Wildman–Crippen MR) is 125 cm³/mol. The van der Waals surface area contributed by atoms with E-state index in [1.807, 2.05) is 6.07 Å². The van der Waals surface area contributed by atoms with Crippen LogP contribution >= 0.6 is 0 Å². The first-order valence-electron chi connectivity index (χ1n) is 11.9. The number of carboxylic acids is 2. The van der Waals surface area contributed by atoms with E-state index in [-0.39, 0.29) is 0 Å². The number of benzene rings is 1. The van der Waals surface area contributed by atoms with Crippen molar-refractivity contribution in [1.29, 1.82) is 0 Å². The molecule has 0 spiro atoms. The minimum atomic E-state index is -5.08. The van der Waals surface area contributed by atoms with Crippen LogP contribution in [0.2, 0.25) is 0 Å². The van der Waals surface area contributed by atoms with Crippen LogP contribution in [-0.4, -0.2) is 96.8 Å². The molecule has 218 valence electrons. The first-order chi connectivity index (χ1) is 17.6. The zero-order chi connectivity index (χ0) is 28.9. The molecule has 2 heterocycles. The zero-order valence-corrected chi connectivity index (χ0v) is 21.2. The number of carboxylic acid groups (broad SMARTS) is 2. The third-order valence-electron chi connectivity index (χ3n) is 6.13. The van der Waals surface area contributed by atoms with E-state index < -0.39 is 24.3 Å². The van der Waals surface area contributed by atoms with Crippen LogP contribution in [-0.2, 0) is 20.9 Å². The number of nitrogens with zero attached hydrogens (tertiary/aromatic N) is 2. The summed E-state index contributed by atoms with van der Waals surface area (Å²) in [6.07, 6.45) is -6.17. The lowest BCUT2D eigenvalue weighted by Gasteiger charge is -2.32. The van der Waals surface area contributed by atoms with Gasteiger partial charge in [0.15, 0.2) is 0 Å². The quantitative estimate of drug-likeness (QED) is 0.498. The number of carbonyl (C=O) groups is 2. The molecule has 0 amide bonds. The summed E-state index contributed by atoms with van der Waals surface area (Å²) in [5, 5.41) is 14.2. The lowest BCUT2D eigenvalue weighted by atomic mass is 9.96. The highest BCUT2D eigenvalue weighted by Gasteiger charge is 2.38. The van der Waals surface area contributed by atoms with Crippen molar-refractivity contribution in [3.8, 4) is 5.75 Å². The van der Waals surface area contributed by atoms with Crippen LogP contribution in [0.5, 0.6) is 5.75 Å². The maximum Gasteiger partial charge on any atom is 0.490 e. The molecule has 0 aliphatic carbocycles. The maximum absolute atomic E-state index is 10.6. The van der Waals surface area contributed by atoms with Gasteiger partial charge in [0.1, 0.15) is 5.75 Å². The molecule has 2 fully saturated rings. The Labute approximate surface area is 217 Å². The summed E-state index contributed by atoms with van der Waals surface area (Å²) in [5.74, 6) is -3.95. The third-order valence-corrected chi connectivity index (χ3v) is 6.13. The van der Waals surface area contributed by atoms with Gasteiger partial charge in [0.25, 0.3) is 0 Å². The molecule has 2 atom stereocenters. The molecule has 2 saturated heterocycles. The van der Waals surface area contributed by atoms with Crippen LogP contribution in [0.4, 0.5) is 26.3 Å². The molecule has 0 unspecified atom stereocenters. The first kappa shape index (κ1) is 33.4. The lowest BCUT2D eigenvalue weighted by molar-refractivity contribution is -0.193. The van der Waals surface area contributed by atoms with E-state index in [0.717, 1.165) is 32.1 Å². The molecule has 3 rings (SSSR count). The molecule has 38 heavy (non-hydrogen) atoms. The Kier molecular flexibility index (Phi) is 13.9. The topological polar surface area (TPSA) is 99.5 Å². The SMILES string of the molecule is COc1cccc(CN2CCOC[C@@H](CCN3CCCC3)[C@@H]2C)c1.O=C(O)C(F)(F)F.O=C(O)C(F)(F)F. The molecular weight excluding hydrogens is 526 g/mol. The van der Waals surface area contributed by atoms with Gasteiger partial charge in [-0.1, -0.05) is 12.1 Å². The van der Waals surface area contributed by atoms with Crippen LogP contribution < -0.4 is 4.74 Å². The smallest absolute Gasteiger partial charge is 0.490 e. The molecule has 2 aliphatic rings. The van der Waals surface area contributed by atoms with Gasteiger partial charge in [-0.15, -0.1) is 0 Å². The Morgan fingerprint density at radius 3 is 2.08 bits per heavy atom. The number of hydrogen-bond donors (Lipinski definition) is 2. The molecule has 0 bridgehead atoms. The molecule has 2 N–H and O–H groups in total. The van der Waals surface area contributed by atoms with Gasteiger partial charge in [-0.2, -0.15) is 26.3 Å². The number of methoxy groups -OCH3 is 1. The predicted octanol–water partition coefficient (Wildman–Crippen LogP) is 4.28. The van der Waals surface area contributed by atoms with Crippen molar-refractivity contribution < 1.29 is 55.6 Å². The minimum Gasteiger partial charge on any atom is -0.497 e. The second-order valence-electron chi connectivity index (χ2n) is 8.84. The number of aliphatic carboxylic acids is 2. The Balaban J connectivity index is 0.000000426. The minimum absolute atomic E-state index is 0.557. The fourth-order valence-corrected chi connectivity index (χ4v) is 3.97. The standard InChI is InChI=1S/C20H32N2O2.2C2HF3O2/c1-17-19(8-11-21-9-3-4-10-21)16-24-13-12-22(17)15-18-6-5-7-20(14-18)23-2;2*3-2(4,5)1(6)7/h5-7,14,17,19H,3-4,8-13,15-16H2,1-2H3;2*(H,6,7)/t17-,19+;;/m0../s1. The van der Waals surface area contributed by atoms with E-state index >= 15 is 0 Å². The van der Waals surface area contributed by atoms with E-state index in [1.54, 1.807) is 7.11 Å². The number of rotatable bonds is 6. The van der Waals surface area contributed by atoms with E-state index in [4.69, 9.17) is 29.3 Å². The average molecular weight is 561 g/mol. The molecule has 8 nitrogen and oxygen atoms in total. The summed E-state index contributed by atoms with van der Waals surface area (Å²) in [6, 6.07) is 8.99. The van der Waals surface area contributed by atoms with E-state index in [9.17, 15) is 26.3 Å². The number of halogens is 6. The van der Waals surface area contributed by atoms with Crippen LogP contribution in [0, 0.1) is 5.92 Å². The molecule has 14 heteroatoms. The number of hydrogen-bond acceptors (Lipinski definition) is 6. The Hall–Kier alpha value is -2.58. The van der Waals surface area contributed by atoms with Gasteiger partial charge in [0, 0.05) is 19.1 Å². The molecule has 0 radical (unpaired) electrons. The van der Waals surface area contributed by atoms with Crippen molar-refractivity contribution in [3.63, 3.8) is 0 Å². The van der Waals surface area contributed by atoms with Gasteiger partial charge in [0.2, 0.25) is 0 Å². The summed E-state index contributed by atoms with van der Waals surface area (Å²) in [6.45, 7) is 9.92. The first-order valence-corrected chi connectivity index (χ1v) is 11.9. The van der Waals surface area contributed by atoms with Gasteiger partial charge in [0.05, 0.1) is 20.3 Å². The van der Waals surface area contributed by atoms with E-state index in [0.29, 0.717) is 12.0 Å². The summed E-state index contributed by atoms with van der Waals surface area (Å²) in [4.78, 5) is 23.0. The summed E-state index contributed by atoms with van der Waals surface area (Å²) >= 11 is 0. The second kappa shape index (κ2) is 15.7. The molecule has 0 aromatic heterocycles. The van der Waals surface area contributed by atoms with Crippen LogP contribution in [0.3, 0.4) is 0 Å². The average Bonchev–Trinajstić information content (AvgIpc) is 3.29. The van der Waals surface area contributed by atoms with Crippen molar-refractivity contribution in [2.45, 2.75) is 51.1 Å². The van der Waals surface area contributed by atoms with Gasteiger partial charge >= 0.3 is 24.3 Å². The van der Waals surface area contributed by atoms with E-state index in [2.05, 4.69) is 34.9 Å². The van der Waals surface area contributed by atoms with E-state index in [1.165, 1.54) is 44.5 Å². The molecule has 2 aliphatic heterocycles. The number of likely N-dealkylation sites (tertiary alicyclic amines) is 1. The molecular formula is C24H34F6N2O6. The van der Waals surface area contributed by atoms with Crippen LogP contribution in [0.25, 0.3) is 0 Å². The fraction of sp³-hybridized carbons (Fsp3) is 0.667. The molecule has 1 aromatic carbocycles. The number of alkyl halides is 6. The molecule has 0 saturated carbocycles. The van der Waals surface area contributed by atoms with Crippen molar-refractivity contribution in [2.24, 2.45) is 5.92 Å². The summed E-state index contributed by atoms with van der Waals surface area (Å²) < 4.78 is 74.8. The van der Waals surface area contributed by atoms with Gasteiger partial charge in [-0.25, -0.2) is 9.59 Å². The Morgan fingerprint density at radius 1 is 1.03 bits per heavy atom. The van der Waals surface area contributed by atoms with Crippen molar-refractivity contribution in [3.05, 3.63) is 29.8 Å². The zero-order valence-electron chi connectivity index (χ0n) is 21.2. The third kappa shape index (κ3) is 12.8. The van der Waals surface area contributed by atoms with Crippen molar-refractivity contribution >= 4 is 11.9 Å². The summed E-state index contributed by atoms with van der Waals surface area (Å²) in [5.41, 5.74) is 1.32. The van der Waals surface area contributed by atoms with Crippen molar-refractivity contribution in [2.75, 3.05) is 46.5 Å². The van der Waals surface area contributed by atoms with Crippen LogP contribution in [0.1, 0.15) is 31.7 Å². The lowest BCUT2D eigenvalue weighted by Crippen LogP contribution is -2.39. The Morgan fingerprint density at radius 2 is 1.58 bits per heavy atom. The van der Waals surface area contributed by atoms with Gasteiger partial charge in [-0.3, -0.25) is 4.90 Å². The number of ether oxygens (including phenoxy) is 2. The van der Waals surface area contributed by atoms with Crippen molar-refractivity contribution in [1.82, 2.24) is 9.80 Å². The monoisotopic (exact) mass is 560 g/mol. The highest BCUT2D eigenvalue weighted by Crippen LogP contribution is 2.23. The summed E-state index contributed by atoms with van der Waals surface area (Å²) in [7, 11) is 1.73. The van der Waals surface area contributed by atoms with Gasteiger partial charge in [-0.05, 0) is 69.4 Å². The highest BCUT2D eigenvalue weighted by atomic mass is 19.4.